The summed E-state index contributed by atoms with van der Waals surface area (Å²) in [7, 11) is 0. The van der Waals surface area contributed by atoms with Crippen LogP contribution in [0.5, 0.6) is 0 Å². The molecule has 0 radical (unpaired) electrons. The molecule has 1 aliphatic rings. The number of hydrogen-bond donors (Lipinski definition) is 2. The van der Waals surface area contributed by atoms with E-state index in [0.717, 1.165) is 0 Å². The molecule has 0 unspecified atom stereocenters. The minimum atomic E-state index is -0.414. The van der Waals surface area contributed by atoms with E-state index in [1.807, 2.05) is 0 Å². The summed E-state index contributed by atoms with van der Waals surface area (Å²) in [6.45, 7) is 3.96. The highest BCUT2D eigenvalue weighted by Crippen LogP contribution is 2.19. The number of hydrazine groups is 1. The topological polar surface area (TPSA) is 91.7 Å². The Morgan fingerprint density at radius 3 is 2.67 bits per heavy atom. The molecule has 0 aliphatic carbocycles. The van der Waals surface area contributed by atoms with Gasteiger partial charge in [0, 0.05) is 13.0 Å². The molecule has 1 aromatic heterocycles. The quantitative estimate of drug-likeness (QED) is 0.450. The molecule has 0 saturated carbocycles. The highest BCUT2D eigenvalue weighted by Gasteiger charge is 2.25. The molecule has 9 heteroatoms. The van der Waals surface area contributed by atoms with Gasteiger partial charge in [0.2, 0.25) is 11.8 Å². The molecule has 0 bridgehead atoms. The number of thiocarbonyl (C=S) groups is 1. The fourth-order valence-corrected chi connectivity index (χ4v) is 3.39. The van der Waals surface area contributed by atoms with Crippen molar-refractivity contribution in [2.75, 3.05) is 12.3 Å². The number of furan rings is 1. The Kier molecular flexibility index (Phi) is 6.38. The van der Waals surface area contributed by atoms with Crippen molar-refractivity contribution in [2.24, 2.45) is 0 Å². The van der Waals surface area contributed by atoms with E-state index in [2.05, 4.69) is 10.9 Å². The van der Waals surface area contributed by atoms with Gasteiger partial charge < -0.3 is 4.42 Å². The summed E-state index contributed by atoms with van der Waals surface area (Å²) < 4.78 is 5.87. The van der Waals surface area contributed by atoms with Crippen molar-refractivity contribution in [2.45, 2.75) is 33.1 Å². The first-order valence-electron chi connectivity index (χ1n) is 7.52. The normalized spacial score (nSPS) is 14.2. The summed E-state index contributed by atoms with van der Waals surface area (Å²) >= 11 is 6.44. The first kappa shape index (κ1) is 18.5. The molecular formula is C15H19N3O4S2. The van der Waals surface area contributed by atoms with E-state index in [-0.39, 0.29) is 18.2 Å². The van der Waals surface area contributed by atoms with Crippen LogP contribution in [0.15, 0.2) is 10.5 Å². The van der Waals surface area contributed by atoms with Gasteiger partial charge in [-0.1, -0.05) is 24.0 Å². The number of carbonyl (C=O) groups is 3. The molecule has 0 spiro atoms. The van der Waals surface area contributed by atoms with E-state index in [4.69, 9.17) is 16.6 Å². The van der Waals surface area contributed by atoms with E-state index >= 15 is 0 Å². The summed E-state index contributed by atoms with van der Waals surface area (Å²) in [4.78, 5) is 36.8. The molecule has 0 aromatic carbocycles. The second-order valence-electron chi connectivity index (χ2n) is 5.39. The highest BCUT2D eigenvalue weighted by molar-refractivity contribution is 8.23. The maximum atomic E-state index is 11.9. The Morgan fingerprint density at radius 2 is 2.08 bits per heavy atom. The van der Waals surface area contributed by atoms with Crippen molar-refractivity contribution in [1.82, 2.24) is 15.8 Å². The second kappa shape index (κ2) is 8.29. The average molecular weight is 369 g/mol. The van der Waals surface area contributed by atoms with Crippen molar-refractivity contribution < 1.29 is 18.8 Å². The maximum Gasteiger partial charge on any atom is 0.273 e. The fourth-order valence-electron chi connectivity index (χ4n) is 2.27. The zero-order valence-corrected chi connectivity index (χ0v) is 15.1. The second-order valence-corrected chi connectivity index (χ2v) is 7.00. The summed E-state index contributed by atoms with van der Waals surface area (Å²) in [5.41, 5.74) is 5.13. The van der Waals surface area contributed by atoms with Gasteiger partial charge in [-0.2, -0.15) is 0 Å². The number of rotatable bonds is 6. The minimum Gasteiger partial charge on any atom is -0.466 e. The van der Waals surface area contributed by atoms with Crippen LogP contribution >= 0.6 is 24.0 Å². The van der Waals surface area contributed by atoms with Crippen LogP contribution in [-0.4, -0.2) is 39.2 Å². The predicted octanol–water partition coefficient (Wildman–Crippen LogP) is 1.69. The van der Waals surface area contributed by atoms with E-state index in [1.54, 1.807) is 24.8 Å². The van der Waals surface area contributed by atoms with Gasteiger partial charge in [-0.05, 0) is 32.8 Å². The van der Waals surface area contributed by atoms with Gasteiger partial charge in [0.05, 0.1) is 11.3 Å². The van der Waals surface area contributed by atoms with E-state index in [0.29, 0.717) is 46.5 Å². The summed E-state index contributed by atoms with van der Waals surface area (Å²) in [6.07, 6.45) is 1.53. The molecule has 130 valence electrons. The first-order valence-corrected chi connectivity index (χ1v) is 8.91. The molecule has 2 N–H and O–H groups in total. The molecule has 1 fully saturated rings. The number of unbranched alkanes of at least 4 members (excludes halogenated alkanes) is 1. The van der Waals surface area contributed by atoms with Crippen molar-refractivity contribution in [3.05, 3.63) is 23.2 Å². The van der Waals surface area contributed by atoms with Crippen molar-refractivity contribution in [3.8, 4) is 0 Å². The van der Waals surface area contributed by atoms with E-state index < -0.39 is 5.91 Å². The Labute approximate surface area is 149 Å². The lowest BCUT2D eigenvalue weighted by Crippen LogP contribution is -2.41. The van der Waals surface area contributed by atoms with Crippen LogP contribution in [0.1, 0.15) is 41.1 Å². The zero-order valence-electron chi connectivity index (χ0n) is 13.5. The maximum absolute atomic E-state index is 11.9. The van der Waals surface area contributed by atoms with Gasteiger partial charge in [0.1, 0.15) is 15.8 Å². The van der Waals surface area contributed by atoms with Crippen LogP contribution in [0, 0.1) is 13.8 Å². The standard InChI is InChI=1S/C15H19N3O4S2/c1-9-7-11(10(2)22-9)14(21)17-16-12(19)5-3-4-6-18-13(20)8-24-15(18)23/h7H,3-6,8H2,1-2H3,(H,16,19)(H,17,21). The zero-order chi connectivity index (χ0) is 17.7. The number of amides is 3. The summed E-state index contributed by atoms with van der Waals surface area (Å²) in [6, 6.07) is 1.62. The first-order chi connectivity index (χ1) is 11.4. The largest absolute Gasteiger partial charge is 0.466 e. The van der Waals surface area contributed by atoms with Crippen LogP contribution in [0.2, 0.25) is 0 Å². The Morgan fingerprint density at radius 1 is 1.33 bits per heavy atom. The Balaban J connectivity index is 1.65. The Hall–Kier alpha value is -1.87. The SMILES string of the molecule is Cc1cc(C(=O)NNC(=O)CCCCN2C(=O)CSC2=S)c(C)o1. The predicted molar refractivity (Wildman–Crippen MR) is 94.4 cm³/mol. The van der Waals surface area contributed by atoms with Gasteiger partial charge in [-0.25, -0.2) is 0 Å². The minimum absolute atomic E-state index is 0.0208. The third-order valence-corrected chi connectivity index (χ3v) is 4.91. The van der Waals surface area contributed by atoms with Crippen molar-refractivity contribution >= 4 is 46.0 Å². The third-order valence-electron chi connectivity index (χ3n) is 3.48. The van der Waals surface area contributed by atoms with Crippen LogP contribution in [0.4, 0.5) is 0 Å². The Bertz CT molecular complexity index is 656. The van der Waals surface area contributed by atoms with Crippen LogP contribution in [0.3, 0.4) is 0 Å². The smallest absolute Gasteiger partial charge is 0.273 e. The summed E-state index contributed by atoms with van der Waals surface area (Å²) in [5, 5.41) is 0. The van der Waals surface area contributed by atoms with E-state index in [1.165, 1.54) is 11.8 Å². The number of thioether (sulfide) groups is 1. The fraction of sp³-hybridized carbons (Fsp3) is 0.467. The van der Waals surface area contributed by atoms with Crippen molar-refractivity contribution in [1.29, 1.82) is 0 Å². The van der Waals surface area contributed by atoms with Gasteiger partial charge in [0.15, 0.2) is 0 Å². The van der Waals surface area contributed by atoms with Gasteiger partial charge in [-0.3, -0.25) is 30.1 Å². The number of nitrogens with zero attached hydrogens (tertiary/aromatic N) is 1. The van der Waals surface area contributed by atoms with Crippen LogP contribution < -0.4 is 10.9 Å². The number of carbonyl (C=O) groups excluding carboxylic acids is 3. The molecular weight excluding hydrogens is 350 g/mol. The molecule has 1 aromatic rings. The van der Waals surface area contributed by atoms with Gasteiger partial charge >= 0.3 is 0 Å². The lowest BCUT2D eigenvalue weighted by atomic mass is 10.2. The van der Waals surface area contributed by atoms with Gasteiger partial charge in [0.25, 0.3) is 5.91 Å². The molecule has 7 nitrogen and oxygen atoms in total. The molecule has 0 atom stereocenters. The van der Waals surface area contributed by atoms with Crippen molar-refractivity contribution in [3.63, 3.8) is 0 Å². The highest BCUT2D eigenvalue weighted by atomic mass is 32.2. The number of hydrogen-bond acceptors (Lipinski definition) is 6. The molecule has 1 saturated heterocycles. The van der Waals surface area contributed by atoms with Crippen LogP contribution in [-0.2, 0) is 9.59 Å². The van der Waals surface area contributed by atoms with Crippen LogP contribution in [0.25, 0.3) is 0 Å². The lowest BCUT2D eigenvalue weighted by molar-refractivity contribution is -0.124. The summed E-state index contributed by atoms with van der Waals surface area (Å²) in [5.74, 6) is 0.860. The number of aryl methyl sites for hydroxylation is 2. The van der Waals surface area contributed by atoms with Gasteiger partial charge in [-0.15, -0.1) is 0 Å². The van der Waals surface area contributed by atoms with E-state index in [9.17, 15) is 14.4 Å². The molecule has 24 heavy (non-hydrogen) atoms. The third kappa shape index (κ3) is 4.81. The molecule has 2 heterocycles. The molecule has 1 aliphatic heterocycles. The monoisotopic (exact) mass is 369 g/mol. The lowest BCUT2D eigenvalue weighted by Gasteiger charge is -2.14. The molecule has 3 amide bonds. The number of nitrogens with one attached hydrogen (secondary N) is 2. The average Bonchev–Trinajstić information content (AvgIpc) is 3.03. The molecule has 2 rings (SSSR count).